The fraction of sp³-hybridized carbons (Fsp3) is 0.333. The molecule has 0 spiro atoms. The lowest BCUT2D eigenvalue weighted by Crippen LogP contribution is -2.23. The van der Waals surface area contributed by atoms with Gasteiger partial charge in [0, 0.05) is 0 Å². The van der Waals surface area contributed by atoms with Gasteiger partial charge in [-0.05, 0) is 28.8 Å². The van der Waals surface area contributed by atoms with Gasteiger partial charge in [-0.3, -0.25) is 0 Å². The molecule has 0 saturated carbocycles. The third-order valence-corrected chi connectivity index (χ3v) is 2.91. The van der Waals surface area contributed by atoms with Gasteiger partial charge in [0.05, 0.1) is 6.10 Å². The third kappa shape index (κ3) is 2.98. The Morgan fingerprint density at radius 3 is 2.47 bits per heavy atom. The van der Waals surface area contributed by atoms with Crippen LogP contribution >= 0.6 is 0 Å². The van der Waals surface area contributed by atoms with Gasteiger partial charge in [0.2, 0.25) is 0 Å². The van der Waals surface area contributed by atoms with Crippen LogP contribution in [0.3, 0.4) is 0 Å². The lowest BCUT2D eigenvalue weighted by molar-refractivity contribution is 0.0702. The number of hydrogen-bond acceptors (Lipinski definition) is 2. The number of aliphatic hydroxyl groups excluding tert-OH is 1. The first-order chi connectivity index (χ1) is 8.16. The molecule has 0 aliphatic rings. The summed E-state index contributed by atoms with van der Waals surface area (Å²) in [5.74, 6) is 1.03. The molecule has 1 N–H and O–H groups in total. The Balaban J connectivity index is 2.09. The Hall–Kier alpha value is -1.54. The van der Waals surface area contributed by atoms with Crippen molar-refractivity contribution in [3.8, 4) is 5.75 Å². The summed E-state index contributed by atoms with van der Waals surface area (Å²) < 4.78 is 5.59. The maximum absolute atomic E-state index is 9.68. The van der Waals surface area contributed by atoms with E-state index >= 15 is 0 Å². The monoisotopic (exact) mass is 230 g/mol. The second-order valence-electron chi connectivity index (χ2n) is 4.63. The molecular weight excluding hydrogens is 212 g/mol. The normalized spacial score (nSPS) is 12.9. The topological polar surface area (TPSA) is 29.5 Å². The molecule has 0 saturated heterocycles. The number of rotatable bonds is 4. The number of benzene rings is 2. The molecule has 0 aliphatic heterocycles. The molecule has 0 heterocycles. The highest BCUT2D eigenvalue weighted by Gasteiger charge is 2.09. The predicted octanol–water partition coefficient (Wildman–Crippen LogP) is 3.24. The predicted molar refractivity (Wildman–Crippen MR) is 70.3 cm³/mol. The molecular formula is C15H18O2. The van der Waals surface area contributed by atoms with Crippen molar-refractivity contribution >= 4 is 10.8 Å². The summed E-state index contributed by atoms with van der Waals surface area (Å²) in [7, 11) is 0. The minimum Gasteiger partial charge on any atom is -0.491 e. The van der Waals surface area contributed by atoms with E-state index in [2.05, 4.69) is 12.1 Å². The van der Waals surface area contributed by atoms with Gasteiger partial charge in [-0.1, -0.05) is 44.2 Å². The van der Waals surface area contributed by atoms with E-state index in [1.54, 1.807) is 0 Å². The average Bonchev–Trinajstić information content (AvgIpc) is 2.35. The standard InChI is InChI=1S/C15H18O2/c1-11(2)15(16)10-17-14-8-7-12-5-3-4-6-13(12)9-14/h3-9,11,15-16H,10H2,1-2H3. The van der Waals surface area contributed by atoms with Crippen LogP contribution in [0, 0.1) is 5.92 Å². The fourth-order valence-electron chi connectivity index (χ4n) is 1.63. The van der Waals surface area contributed by atoms with Gasteiger partial charge in [0.1, 0.15) is 12.4 Å². The second-order valence-corrected chi connectivity index (χ2v) is 4.63. The molecule has 0 amide bonds. The molecule has 1 atom stereocenters. The highest BCUT2D eigenvalue weighted by atomic mass is 16.5. The SMILES string of the molecule is CC(C)C(O)COc1ccc2ccccc2c1. The van der Waals surface area contributed by atoms with Crippen LogP contribution in [0.4, 0.5) is 0 Å². The van der Waals surface area contributed by atoms with Crippen molar-refractivity contribution in [2.75, 3.05) is 6.61 Å². The molecule has 17 heavy (non-hydrogen) atoms. The van der Waals surface area contributed by atoms with Gasteiger partial charge >= 0.3 is 0 Å². The van der Waals surface area contributed by atoms with Crippen molar-refractivity contribution in [1.82, 2.24) is 0 Å². The van der Waals surface area contributed by atoms with Gasteiger partial charge in [0.25, 0.3) is 0 Å². The summed E-state index contributed by atoms with van der Waals surface area (Å²) in [5, 5.41) is 12.0. The van der Waals surface area contributed by atoms with Crippen LogP contribution in [-0.2, 0) is 0 Å². The largest absolute Gasteiger partial charge is 0.491 e. The quantitative estimate of drug-likeness (QED) is 0.873. The van der Waals surface area contributed by atoms with Crippen molar-refractivity contribution in [2.24, 2.45) is 5.92 Å². The smallest absolute Gasteiger partial charge is 0.120 e. The third-order valence-electron chi connectivity index (χ3n) is 2.91. The van der Waals surface area contributed by atoms with Crippen LogP contribution < -0.4 is 4.74 Å². The van der Waals surface area contributed by atoms with Crippen LogP contribution in [0.5, 0.6) is 5.75 Å². The summed E-state index contributed by atoms with van der Waals surface area (Å²) in [6.07, 6.45) is -0.415. The molecule has 0 aromatic heterocycles. The number of ether oxygens (including phenoxy) is 1. The highest BCUT2D eigenvalue weighted by molar-refractivity contribution is 5.83. The number of hydrogen-bond donors (Lipinski definition) is 1. The molecule has 2 rings (SSSR count). The maximum Gasteiger partial charge on any atom is 0.120 e. The van der Waals surface area contributed by atoms with Crippen LogP contribution in [-0.4, -0.2) is 17.8 Å². The lowest BCUT2D eigenvalue weighted by atomic mass is 10.1. The molecule has 2 nitrogen and oxygen atoms in total. The van der Waals surface area contributed by atoms with Gasteiger partial charge in [-0.15, -0.1) is 0 Å². The minimum atomic E-state index is -0.415. The van der Waals surface area contributed by atoms with Crippen molar-refractivity contribution in [3.05, 3.63) is 42.5 Å². The Morgan fingerprint density at radius 1 is 1.06 bits per heavy atom. The molecule has 2 aromatic rings. The molecule has 0 aliphatic carbocycles. The van der Waals surface area contributed by atoms with Crippen LogP contribution in [0.1, 0.15) is 13.8 Å². The number of aliphatic hydroxyl groups is 1. The van der Waals surface area contributed by atoms with E-state index in [1.807, 2.05) is 44.2 Å². The van der Waals surface area contributed by atoms with E-state index in [4.69, 9.17) is 4.74 Å². The lowest BCUT2D eigenvalue weighted by Gasteiger charge is -2.15. The van der Waals surface area contributed by atoms with Crippen molar-refractivity contribution in [3.63, 3.8) is 0 Å². The molecule has 2 aromatic carbocycles. The van der Waals surface area contributed by atoms with Crippen LogP contribution in [0.15, 0.2) is 42.5 Å². The Kier molecular flexibility index (Phi) is 3.64. The first-order valence-electron chi connectivity index (χ1n) is 5.96. The fourth-order valence-corrected chi connectivity index (χ4v) is 1.63. The summed E-state index contributed by atoms with van der Waals surface area (Å²) in [4.78, 5) is 0. The van der Waals surface area contributed by atoms with Crippen molar-refractivity contribution in [1.29, 1.82) is 0 Å². The molecule has 0 fully saturated rings. The molecule has 1 unspecified atom stereocenters. The van der Waals surface area contributed by atoms with Gasteiger partial charge in [-0.2, -0.15) is 0 Å². The minimum absolute atomic E-state index is 0.218. The van der Waals surface area contributed by atoms with Crippen LogP contribution in [0.2, 0.25) is 0 Å². The van der Waals surface area contributed by atoms with Gasteiger partial charge in [-0.25, -0.2) is 0 Å². The van der Waals surface area contributed by atoms with E-state index in [0.717, 1.165) is 11.1 Å². The molecule has 0 bridgehead atoms. The molecule has 2 heteroatoms. The summed E-state index contributed by atoms with van der Waals surface area (Å²) in [5.41, 5.74) is 0. The second kappa shape index (κ2) is 5.19. The van der Waals surface area contributed by atoms with E-state index in [9.17, 15) is 5.11 Å². The summed E-state index contributed by atoms with van der Waals surface area (Å²) in [6, 6.07) is 14.1. The summed E-state index contributed by atoms with van der Waals surface area (Å²) >= 11 is 0. The molecule has 0 radical (unpaired) electrons. The zero-order chi connectivity index (χ0) is 12.3. The average molecular weight is 230 g/mol. The highest BCUT2D eigenvalue weighted by Crippen LogP contribution is 2.20. The molecule has 90 valence electrons. The zero-order valence-corrected chi connectivity index (χ0v) is 10.3. The van der Waals surface area contributed by atoms with Crippen LogP contribution in [0.25, 0.3) is 10.8 Å². The first kappa shape index (κ1) is 11.9. The van der Waals surface area contributed by atoms with E-state index < -0.39 is 6.10 Å². The van der Waals surface area contributed by atoms with Gasteiger partial charge in [0.15, 0.2) is 0 Å². The van der Waals surface area contributed by atoms with E-state index in [0.29, 0.717) is 6.61 Å². The van der Waals surface area contributed by atoms with Gasteiger partial charge < -0.3 is 9.84 Å². The zero-order valence-electron chi connectivity index (χ0n) is 10.3. The Morgan fingerprint density at radius 2 is 1.76 bits per heavy atom. The van der Waals surface area contributed by atoms with E-state index in [1.165, 1.54) is 5.39 Å². The maximum atomic E-state index is 9.68. The van der Waals surface area contributed by atoms with E-state index in [-0.39, 0.29) is 5.92 Å². The summed E-state index contributed by atoms with van der Waals surface area (Å²) in [6.45, 7) is 4.30. The van der Waals surface area contributed by atoms with Crippen molar-refractivity contribution in [2.45, 2.75) is 20.0 Å². The Bertz CT molecular complexity index is 491. The Labute approximate surface area is 102 Å². The number of fused-ring (bicyclic) bond motifs is 1. The van der Waals surface area contributed by atoms with Crippen molar-refractivity contribution < 1.29 is 9.84 Å². The first-order valence-corrected chi connectivity index (χ1v) is 5.96.